The third-order valence-corrected chi connectivity index (χ3v) is 9.06. The van der Waals surface area contributed by atoms with Gasteiger partial charge in [0.05, 0.1) is 0 Å². The van der Waals surface area contributed by atoms with Crippen LogP contribution >= 0.6 is 11.8 Å². The van der Waals surface area contributed by atoms with Crippen molar-refractivity contribution in [2.75, 3.05) is 12.0 Å². The number of thioether (sulfide) groups is 1. The van der Waals surface area contributed by atoms with E-state index in [1.165, 1.54) is 35.9 Å². The van der Waals surface area contributed by atoms with Gasteiger partial charge >= 0.3 is 0 Å². The summed E-state index contributed by atoms with van der Waals surface area (Å²) in [6.45, 7) is 5.34. The van der Waals surface area contributed by atoms with Gasteiger partial charge in [-0.1, -0.05) is 74.5 Å². The number of hydrogen-bond donors (Lipinski definition) is 5. The maximum atomic E-state index is 13.9. The Bertz CT molecular complexity index is 1520. The number of benzene rings is 2. The zero-order chi connectivity index (χ0) is 35.5. The zero-order valence-electron chi connectivity index (χ0n) is 28.3. The lowest BCUT2D eigenvalue weighted by Crippen LogP contribution is -2.60. The van der Waals surface area contributed by atoms with Crippen LogP contribution in [0.3, 0.4) is 0 Å². The first-order valence-corrected chi connectivity index (χ1v) is 17.9. The number of nitrogens with one attached hydrogen (secondary N) is 5. The highest BCUT2D eigenvalue weighted by Crippen LogP contribution is 2.20. The van der Waals surface area contributed by atoms with Gasteiger partial charge in [0.25, 0.3) is 5.91 Å². The van der Waals surface area contributed by atoms with Crippen molar-refractivity contribution in [2.24, 2.45) is 5.92 Å². The van der Waals surface area contributed by atoms with Gasteiger partial charge in [-0.05, 0) is 54.9 Å². The fourth-order valence-corrected chi connectivity index (χ4v) is 6.22. The van der Waals surface area contributed by atoms with Gasteiger partial charge < -0.3 is 31.5 Å². The molecule has 13 heteroatoms. The van der Waals surface area contributed by atoms with Gasteiger partial charge in [-0.2, -0.15) is 11.8 Å². The van der Waals surface area contributed by atoms with Crippen LogP contribution in [0.5, 0.6) is 0 Å². The van der Waals surface area contributed by atoms with Crippen LogP contribution in [-0.4, -0.2) is 88.6 Å². The summed E-state index contributed by atoms with van der Waals surface area (Å²) in [4.78, 5) is 83.5. The Morgan fingerprint density at radius 1 is 0.673 bits per heavy atom. The van der Waals surface area contributed by atoms with E-state index in [0.29, 0.717) is 12.2 Å². The molecular weight excluding hydrogens is 644 g/mol. The Labute approximate surface area is 291 Å². The molecule has 6 atom stereocenters. The molecule has 0 aliphatic carbocycles. The summed E-state index contributed by atoms with van der Waals surface area (Å²) in [5, 5.41) is 13.8. The predicted octanol–water partition coefficient (Wildman–Crippen LogP) is 1.45. The molecular formula is C36H46N6O6S. The first kappa shape index (κ1) is 37.2. The van der Waals surface area contributed by atoms with Gasteiger partial charge in [0.1, 0.15) is 36.3 Å². The number of nitrogens with zero attached hydrogens (tertiary/aromatic N) is 1. The van der Waals surface area contributed by atoms with Crippen LogP contribution in [0.4, 0.5) is 0 Å². The van der Waals surface area contributed by atoms with Crippen molar-refractivity contribution in [1.82, 2.24) is 31.5 Å². The predicted molar refractivity (Wildman–Crippen MR) is 188 cm³/mol. The molecule has 0 radical (unpaired) electrons. The van der Waals surface area contributed by atoms with E-state index in [2.05, 4.69) is 26.6 Å². The summed E-state index contributed by atoms with van der Waals surface area (Å²) < 4.78 is 0. The number of carbonyl (C=O) groups is 6. The molecule has 2 aliphatic heterocycles. The summed E-state index contributed by atoms with van der Waals surface area (Å²) in [6, 6.07) is 11.9. The Hall–Kier alpha value is -4.65. The lowest BCUT2D eigenvalue weighted by Gasteiger charge is -2.30. The largest absolute Gasteiger partial charge is 0.343 e. The summed E-state index contributed by atoms with van der Waals surface area (Å²) in [7, 11) is 0. The van der Waals surface area contributed by atoms with Crippen LogP contribution in [0.1, 0.15) is 44.7 Å². The van der Waals surface area contributed by atoms with Crippen LogP contribution in [0.15, 0.2) is 72.9 Å². The second-order valence-electron chi connectivity index (χ2n) is 12.8. The molecule has 2 aliphatic rings. The van der Waals surface area contributed by atoms with Crippen molar-refractivity contribution >= 4 is 47.2 Å². The number of carbonyl (C=O) groups excluding carboxylic acids is 6. The molecule has 1 fully saturated rings. The first-order chi connectivity index (χ1) is 23.5. The SMILES string of the molecule is CSCC[C@H]1NC(=O)[C@H](CC(C)C)N2C=CC(NC(=O)[C@H](Cc3ccccc3)NC(=O)[C@@H](Cc3ccccc3)NC(=O)[C@@H](C)NC1=O)C2=O. The van der Waals surface area contributed by atoms with Gasteiger partial charge in [-0.25, -0.2) is 0 Å². The second-order valence-corrected chi connectivity index (χ2v) is 13.8. The quantitative estimate of drug-likeness (QED) is 0.266. The molecule has 262 valence electrons. The van der Waals surface area contributed by atoms with Crippen molar-refractivity contribution in [3.8, 4) is 0 Å². The lowest BCUT2D eigenvalue weighted by molar-refractivity contribution is -0.140. The third kappa shape index (κ3) is 10.4. The molecule has 2 aromatic carbocycles. The van der Waals surface area contributed by atoms with Gasteiger partial charge in [0.2, 0.25) is 29.5 Å². The van der Waals surface area contributed by atoms with Gasteiger partial charge in [-0.15, -0.1) is 0 Å². The number of amides is 6. The summed E-state index contributed by atoms with van der Waals surface area (Å²) in [5.74, 6) is -2.84. The van der Waals surface area contributed by atoms with E-state index in [4.69, 9.17) is 0 Å². The molecule has 1 saturated heterocycles. The van der Waals surface area contributed by atoms with E-state index >= 15 is 0 Å². The van der Waals surface area contributed by atoms with E-state index in [9.17, 15) is 28.8 Å². The van der Waals surface area contributed by atoms with Gasteiger partial charge in [0.15, 0.2) is 0 Å². The van der Waals surface area contributed by atoms with E-state index in [1.54, 1.807) is 0 Å². The van der Waals surface area contributed by atoms with Crippen molar-refractivity contribution < 1.29 is 28.8 Å². The molecule has 0 saturated carbocycles. The molecule has 12 nitrogen and oxygen atoms in total. The average molecular weight is 691 g/mol. The van der Waals surface area contributed by atoms with Crippen molar-refractivity contribution in [3.05, 3.63) is 84.1 Å². The van der Waals surface area contributed by atoms with Crippen LogP contribution in [0, 0.1) is 5.92 Å². The van der Waals surface area contributed by atoms with Crippen LogP contribution < -0.4 is 26.6 Å². The van der Waals surface area contributed by atoms with Gasteiger partial charge in [0, 0.05) is 19.0 Å². The second kappa shape index (κ2) is 17.7. The molecule has 0 aromatic heterocycles. The molecule has 2 heterocycles. The third-order valence-electron chi connectivity index (χ3n) is 8.42. The Morgan fingerprint density at radius 3 is 1.73 bits per heavy atom. The zero-order valence-corrected chi connectivity index (χ0v) is 29.1. The normalized spacial score (nSPS) is 25.5. The molecule has 0 spiro atoms. The van der Waals surface area contributed by atoms with E-state index in [0.717, 1.165) is 11.1 Å². The molecule has 1 unspecified atom stereocenters. The summed E-state index contributed by atoms with van der Waals surface area (Å²) in [6.07, 6.45) is 5.68. The minimum Gasteiger partial charge on any atom is -0.343 e. The van der Waals surface area contributed by atoms with E-state index in [-0.39, 0.29) is 25.2 Å². The maximum Gasteiger partial charge on any atom is 0.253 e. The molecule has 2 bridgehead atoms. The van der Waals surface area contributed by atoms with Crippen LogP contribution in [0.25, 0.3) is 0 Å². The molecule has 49 heavy (non-hydrogen) atoms. The fraction of sp³-hybridized carbons (Fsp3) is 0.444. The molecule has 6 amide bonds. The first-order valence-electron chi connectivity index (χ1n) is 16.6. The topological polar surface area (TPSA) is 166 Å². The van der Waals surface area contributed by atoms with Gasteiger partial charge in [-0.3, -0.25) is 28.8 Å². The molecule has 4 rings (SSSR count). The summed E-state index contributed by atoms with van der Waals surface area (Å²) >= 11 is 1.50. The van der Waals surface area contributed by atoms with Crippen LogP contribution in [-0.2, 0) is 41.6 Å². The average Bonchev–Trinajstić information content (AvgIpc) is 3.43. The summed E-state index contributed by atoms with van der Waals surface area (Å²) in [5.41, 5.74) is 1.54. The van der Waals surface area contributed by atoms with Crippen molar-refractivity contribution in [3.63, 3.8) is 0 Å². The minimum absolute atomic E-state index is 0.0138. The number of fused-ring (bicyclic) bond motifs is 2. The maximum absolute atomic E-state index is 13.9. The lowest BCUT2D eigenvalue weighted by atomic mass is 10.0. The molecule has 5 N–H and O–H groups in total. The monoisotopic (exact) mass is 690 g/mol. The Kier molecular flexibility index (Phi) is 13.4. The highest BCUT2D eigenvalue weighted by Gasteiger charge is 2.39. The standard InChI is InChI=1S/C36H46N6O6S/c1-22(2)19-30-35(47)38-26(16-18-49-4)32(44)37-23(3)31(43)40-28(20-24-11-7-5-8-12-24)34(46)41-29(21-25-13-9-6-10-14-25)33(45)39-27-15-17-42(30)36(27)48/h5-15,17,22-23,26-30H,16,18-21H2,1-4H3,(H,37,44)(H,38,47)(H,39,45)(H,40,43)(H,41,46)/t23-,26-,27?,28-,29+,30+/m1/s1. The Morgan fingerprint density at radius 2 is 1.18 bits per heavy atom. The highest BCUT2D eigenvalue weighted by atomic mass is 32.2. The number of hydrogen-bond acceptors (Lipinski definition) is 7. The Balaban J connectivity index is 1.71. The number of rotatable bonds is 9. The fourth-order valence-electron chi connectivity index (χ4n) is 5.75. The van der Waals surface area contributed by atoms with E-state index in [1.807, 2.05) is 80.8 Å². The highest BCUT2D eigenvalue weighted by molar-refractivity contribution is 7.98. The van der Waals surface area contributed by atoms with Crippen LogP contribution in [0.2, 0.25) is 0 Å². The van der Waals surface area contributed by atoms with Crippen molar-refractivity contribution in [1.29, 1.82) is 0 Å². The van der Waals surface area contributed by atoms with E-state index < -0.39 is 71.7 Å². The molecule has 2 aromatic rings. The smallest absolute Gasteiger partial charge is 0.253 e. The minimum atomic E-state index is -1.11. The van der Waals surface area contributed by atoms with Crippen molar-refractivity contribution in [2.45, 2.75) is 82.7 Å².